The number of carbonyl (C=O) groups is 2. The van der Waals surface area contributed by atoms with Crippen molar-refractivity contribution in [3.63, 3.8) is 0 Å². The first kappa shape index (κ1) is 13.5. The smallest absolute Gasteiger partial charge is 0.223 e. The van der Waals surface area contributed by atoms with Gasteiger partial charge in [-0.2, -0.15) is 0 Å². The predicted molar refractivity (Wildman–Crippen MR) is 70.2 cm³/mol. The number of hydrogen-bond donors (Lipinski definition) is 1. The molecule has 0 aromatic rings. The van der Waals surface area contributed by atoms with Gasteiger partial charge in [0, 0.05) is 31.8 Å². The standard InChI is InChI=1S/C14H24N2O2/c1-16-8-2-3-11(10-16)9-15-14(18)12-4-6-13(17)7-5-12/h11-12H,2-10H2,1H3,(H,15,18). The van der Waals surface area contributed by atoms with Gasteiger partial charge in [-0.25, -0.2) is 0 Å². The minimum absolute atomic E-state index is 0.0732. The number of carbonyl (C=O) groups excluding carboxylic acids is 2. The Bertz CT molecular complexity index is 307. The van der Waals surface area contributed by atoms with Crippen molar-refractivity contribution in [1.29, 1.82) is 0 Å². The molecule has 102 valence electrons. The topological polar surface area (TPSA) is 49.4 Å². The summed E-state index contributed by atoms with van der Waals surface area (Å²) in [7, 11) is 2.14. The second-order valence-corrected chi connectivity index (χ2v) is 5.83. The van der Waals surface area contributed by atoms with Crippen molar-refractivity contribution in [1.82, 2.24) is 10.2 Å². The van der Waals surface area contributed by atoms with Crippen molar-refractivity contribution in [3.8, 4) is 0 Å². The van der Waals surface area contributed by atoms with E-state index in [1.165, 1.54) is 19.4 Å². The number of hydrogen-bond acceptors (Lipinski definition) is 3. The average molecular weight is 252 g/mol. The number of likely N-dealkylation sites (tertiary alicyclic amines) is 1. The first-order chi connectivity index (χ1) is 8.65. The van der Waals surface area contributed by atoms with Crippen LogP contribution in [0.25, 0.3) is 0 Å². The summed E-state index contributed by atoms with van der Waals surface area (Å²) in [5, 5.41) is 3.08. The van der Waals surface area contributed by atoms with Gasteiger partial charge in [-0.3, -0.25) is 9.59 Å². The van der Waals surface area contributed by atoms with Crippen LogP contribution in [-0.4, -0.2) is 43.3 Å². The summed E-state index contributed by atoms with van der Waals surface area (Å²) in [5.41, 5.74) is 0. The number of piperidine rings is 1. The summed E-state index contributed by atoms with van der Waals surface area (Å²) in [6.07, 6.45) is 5.11. The molecule has 18 heavy (non-hydrogen) atoms. The van der Waals surface area contributed by atoms with Crippen LogP contribution in [0.3, 0.4) is 0 Å². The molecule has 4 heteroatoms. The lowest BCUT2D eigenvalue weighted by molar-refractivity contribution is -0.128. The molecule has 0 aromatic heterocycles. The van der Waals surface area contributed by atoms with E-state index in [-0.39, 0.29) is 11.8 Å². The number of rotatable bonds is 3. The van der Waals surface area contributed by atoms with Gasteiger partial charge in [0.2, 0.25) is 5.91 Å². The first-order valence-corrected chi connectivity index (χ1v) is 7.13. The lowest BCUT2D eigenvalue weighted by Crippen LogP contribution is -2.41. The van der Waals surface area contributed by atoms with Gasteiger partial charge in [0.05, 0.1) is 0 Å². The number of amides is 1. The Kier molecular flexibility index (Phi) is 4.75. The molecule has 1 unspecified atom stereocenters. The molecule has 1 amide bonds. The summed E-state index contributed by atoms with van der Waals surface area (Å²) >= 11 is 0. The number of nitrogens with one attached hydrogen (secondary N) is 1. The lowest BCUT2D eigenvalue weighted by atomic mass is 9.87. The highest BCUT2D eigenvalue weighted by Crippen LogP contribution is 2.22. The van der Waals surface area contributed by atoms with Crippen molar-refractivity contribution in [2.75, 3.05) is 26.7 Å². The Morgan fingerprint density at radius 1 is 1.33 bits per heavy atom. The van der Waals surface area contributed by atoms with Gasteiger partial charge < -0.3 is 10.2 Å². The van der Waals surface area contributed by atoms with Gasteiger partial charge in [0.15, 0.2) is 0 Å². The Morgan fingerprint density at radius 3 is 2.72 bits per heavy atom. The van der Waals surface area contributed by atoms with E-state index in [4.69, 9.17) is 0 Å². The van der Waals surface area contributed by atoms with E-state index in [0.717, 1.165) is 25.9 Å². The Hall–Kier alpha value is -0.900. The molecular weight excluding hydrogens is 228 g/mol. The molecule has 1 saturated carbocycles. The highest BCUT2D eigenvalue weighted by molar-refractivity contribution is 5.84. The van der Waals surface area contributed by atoms with E-state index in [0.29, 0.717) is 24.5 Å². The molecule has 0 bridgehead atoms. The predicted octanol–water partition coefficient (Wildman–Crippen LogP) is 1.20. The molecule has 0 spiro atoms. The van der Waals surface area contributed by atoms with E-state index in [1.807, 2.05) is 0 Å². The summed E-state index contributed by atoms with van der Waals surface area (Å²) < 4.78 is 0. The fourth-order valence-electron chi connectivity index (χ4n) is 3.03. The molecule has 1 saturated heterocycles. The minimum atomic E-state index is 0.0732. The summed E-state index contributed by atoms with van der Waals surface area (Å²) in [4.78, 5) is 25.5. The molecule has 1 aliphatic heterocycles. The number of ketones is 1. The first-order valence-electron chi connectivity index (χ1n) is 7.13. The second kappa shape index (κ2) is 6.32. The van der Waals surface area contributed by atoms with Crippen LogP contribution in [0, 0.1) is 11.8 Å². The number of nitrogens with zero attached hydrogens (tertiary/aromatic N) is 1. The zero-order chi connectivity index (χ0) is 13.0. The van der Waals surface area contributed by atoms with Gasteiger partial charge in [-0.05, 0) is 45.2 Å². The molecule has 2 rings (SSSR count). The molecule has 1 aliphatic carbocycles. The van der Waals surface area contributed by atoms with Crippen molar-refractivity contribution in [2.45, 2.75) is 38.5 Å². The second-order valence-electron chi connectivity index (χ2n) is 5.83. The third kappa shape index (κ3) is 3.80. The Labute approximate surface area is 109 Å². The zero-order valence-corrected chi connectivity index (χ0v) is 11.3. The highest BCUT2D eigenvalue weighted by atomic mass is 16.2. The molecule has 1 heterocycles. The van der Waals surface area contributed by atoms with Crippen molar-refractivity contribution < 1.29 is 9.59 Å². The molecule has 0 radical (unpaired) electrons. The van der Waals surface area contributed by atoms with Gasteiger partial charge in [-0.15, -0.1) is 0 Å². The largest absolute Gasteiger partial charge is 0.356 e. The maximum Gasteiger partial charge on any atom is 0.223 e. The van der Waals surface area contributed by atoms with Crippen molar-refractivity contribution >= 4 is 11.7 Å². The fourth-order valence-corrected chi connectivity index (χ4v) is 3.03. The van der Waals surface area contributed by atoms with Crippen LogP contribution in [0.1, 0.15) is 38.5 Å². The molecule has 0 aromatic carbocycles. The Morgan fingerprint density at radius 2 is 2.06 bits per heavy atom. The zero-order valence-electron chi connectivity index (χ0n) is 11.3. The monoisotopic (exact) mass is 252 g/mol. The molecule has 1 N–H and O–H groups in total. The third-order valence-electron chi connectivity index (χ3n) is 4.20. The molecule has 2 aliphatic rings. The van der Waals surface area contributed by atoms with Crippen LogP contribution < -0.4 is 5.32 Å². The lowest BCUT2D eigenvalue weighted by Gasteiger charge is -2.30. The SMILES string of the molecule is CN1CCCC(CNC(=O)C2CCC(=O)CC2)C1. The Balaban J connectivity index is 1.69. The van der Waals surface area contributed by atoms with Gasteiger partial charge in [-0.1, -0.05) is 0 Å². The summed E-state index contributed by atoms with van der Waals surface area (Å²) in [5.74, 6) is 1.14. The van der Waals surface area contributed by atoms with Crippen LogP contribution in [-0.2, 0) is 9.59 Å². The van der Waals surface area contributed by atoms with Crippen LogP contribution in [0.5, 0.6) is 0 Å². The maximum atomic E-state index is 12.0. The van der Waals surface area contributed by atoms with E-state index < -0.39 is 0 Å². The summed E-state index contributed by atoms with van der Waals surface area (Å²) in [6.45, 7) is 3.06. The maximum absolute atomic E-state index is 12.0. The highest BCUT2D eigenvalue weighted by Gasteiger charge is 2.25. The summed E-state index contributed by atoms with van der Waals surface area (Å²) in [6, 6.07) is 0. The van der Waals surface area contributed by atoms with E-state index >= 15 is 0 Å². The van der Waals surface area contributed by atoms with Crippen LogP contribution >= 0.6 is 0 Å². The third-order valence-corrected chi connectivity index (χ3v) is 4.20. The van der Waals surface area contributed by atoms with Crippen LogP contribution in [0.15, 0.2) is 0 Å². The molecule has 1 atom stereocenters. The van der Waals surface area contributed by atoms with Crippen LogP contribution in [0.2, 0.25) is 0 Å². The fraction of sp³-hybridized carbons (Fsp3) is 0.857. The number of Topliss-reactive ketones (excluding diaryl/α,β-unsaturated/α-hetero) is 1. The normalized spacial score (nSPS) is 27.2. The molecule has 4 nitrogen and oxygen atoms in total. The van der Waals surface area contributed by atoms with Crippen molar-refractivity contribution in [2.24, 2.45) is 11.8 Å². The van der Waals surface area contributed by atoms with E-state index in [1.54, 1.807) is 0 Å². The van der Waals surface area contributed by atoms with Gasteiger partial charge >= 0.3 is 0 Å². The molecule has 2 fully saturated rings. The minimum Gasteiger partial charge on any atom is -0.356 e. The quantitative estimate of drug-likeness (QED) is 0.821. The van der Waals surface area contributed by atoms with Gasteiger partial charge in [0.25, 0.3) is 0 Å². The van der Waals surface area contributed by atoms with E-state index in [2.05, 4.69) is 17.3 Å². The van der Waals surface area contributed by atoms with Crippen molar-refractivity contribution in [3.05, 3.63) is 0 Å². The van der Waals surface area contributed by atoms with Crippen LogP contribution in [0.4, 0.5) is 0 Å². The average Bonchev–Trinajstić information content (AvgIpc) is 2.37. The molecular formula is C14H24N2O2. The van der Waals surface area contributed by atoms with E-state index in [9.17, 15) is 9.59 Å². The van der Waals surface area contributed by atoms with Gasteiger partial charge in [0.1, 0.15) is 5.78 Å².